The number of nitrogens with zero attached hydrogens (tertiary/aromatic N) is 4. The number of nitrogens with one attached hydrogen (secondary N) is 1. The van der Waals surface area contributed by atoms with Gasteiger partial charge in [-0.25, -0.2) is 4.68 Å². The van der Waals surface area contributed by atoms with Crippen molar-refractivity contribution in [1.82, 2.24) is 25.5 Å². The fourth-order valence-corrected chi connectivity index (χ4v) is 3.40. The highest BCUT2D eigenvalue weighted by Crippen LogP contribution is 2.32. The van der Waals surface area contributed by atoms with Crippen molar-refractivity contribution in [3.05, 3.63) is 0 Å². The number of aromatic nitrogens is 4. The van der Waals surface area contributed by atoms with Gasteiger partial charge in [0.2, 0.25) is 5.16 Å². The summed E-state index contributed by atoms with van der Waals surface area (Å²) in [6.07, 6.45) is 7.77. The molecule has 6 heteroatoms. The van der Waals surface area contributed by atoms with Crippen LogP contribution in [0.4, 0.5) is 0 Å². The molecular formula is C12H21N5S. The van der Waals surface area contributed by atoms with Crippen LogP contribution in [0.5, 0.6) is 0 Å². The smallest absolute Gasteiger partial charge is 0.209 e. The summed E-state index contributed by atoms with van der Waals surface area (Å²) < 4.78 is 2.05. The van der Waals surface area contributed by atoms with Crippen LogP contribution in [0, 0.1) is 0 Å². The van der Waals surface area contributed by atoms with E-state index in [0.29, 0.717) is 11.3 Å². The normalized spacial score (nSPS) is 22.5. The minimum Gasteiger partial charge on any atom is -0.313 e. The Morgan fingerprint density at radius 3 is 2.83 bits per heavy atom. The zero-order valence-electron chi connectivity index (χ0n) is 10.9. The first-order chi connectivity index (χ1) is 8.83. The first-order valence-corrected chi connectivity index (χ1v) is 7.89. The Balaban J connectivity index is 1.55. The number of tetrazole rings is 1. The van der Waals surface area contributed by atoms with Gasteiger partial charge in [-0.1, -0.05) is 31.5 Å². The van der Waals surface area contributed by atoms with Gasteiger partial charge in [-0.2, -0.15) is 0 Å². The molecule has 2 saturated carbocycles. The van der Waals surface area contributed by atoms with E-state index in [4.69, 9.17) is 0 Å². The summed E-state index contributed by atoms with van der Waals surface area (Å²) in [7, 11) is 0. The molecule has 1 aromatic heterocycles. The van der Waals surface area contributed by atoms with E-state index in [0.717, 1.165) is 17.7 Å². The molecule has 0 saturated heterocycles. The summed E-state index contributed by atoms with van der Waals surface area (Å²) in [6.45, 7) is 3.29. The summed E-state index contributed by atoms with van der Waals surface area (Å²) in [4.78, 5) is 0. The van der Waals surface area contributed by atoms with E-state index in [-0.39, 0.29) is 0 Å². The highest BCUT2D eigenvalue weighted by molar-refractivity contribution is 7.99. The molecule has 1 atom stereocenters. The second-order valence-electron chi connectivity index (χ2n) is 5.46. The van der Waals surface area contributed by atoms with Crippen molar-refractivity contribution in [3.63, 3.8) is 0 Å². The van der Waals surface area contributed by atoms with Gasteiger partial charge in [0.15, 0.2) is 0 Å². The third-order valence-corrected chi connectivity index (χ3v) is 4.76. The summed E-state index contributed by atoms with van der Waals surface area (Å²) in [5.41, 5.74) is 0. The van der Waals surface area contributed by atoms with E-state index in [1.807, 2.05) is 4.68 Å². The fourth-order valence-electron chi connectivity index (χ4n) is 2.48. The Morgan fingerprint density at radius 2 is 2.11 bits per heavy atom. The molecule has 2 aliphatic carbocycles. The second-order valence-corrected chi connectivity index (χ2v) is 6.86. The van der Waals surface area contributed by atoms with E-state index in [9.17, 15) is 0 Å². The van der Waals surface area contributed by atoms with Crippen molar-refractivity contribution >= 4 is 11.8 Å². The number of thioether (sulfide) groups is 1. The maximum atomic E-state index is 4.18. The molecule has 1 N–H and O–H groups in total. The third kappa shape index (κ3) is 3.03. The van der Waals surface area contributed by atoms with Crippen LogP contribution in [0.3, 0.4) is 0 Å². The lowest BCUT2D eigenvalue weighted by Crippen LogP contribution is -2.25. The van der Waals surface area contributed by atoms with Gasteiger partial charge < -0.3 is 5.32 Å². The monoisotopic (exact) mass is 267 g/mol. The molecule has 0 amide bonds. The SMILES string of the molecule is CC(CNC1CC1)Sc1nnnn1C1CCCC1. The number of rotatable bonds is 6. The summed E-state index contributed by atoms with van der Waals surface area (Å²) in [5, 5.41) is 17.3. The Kier molecular flexibility index (Phi) is 3.84. The Labute approximate surface area is 112 Å². The molecular weight excluding hydrogens is 246 g/mol. The van der Waals surface area contributed by atoms with Crippen LogP contribution in [0.15, 0.2) is 5.16 Å². The summed E-state index contributed by atoms with van der Waals surface area (Å²) in [6, 6.07) is 1.31. The fraction of sp³-hybridized carbons (Fsp3) is 0.917. The predicted octanol–water partition coefficient (Wildman–Crippen LogP) is 2.02. The number of hydrogen-bond acceptors (Lipinski definition) is 5. The molecule has 0 aromatic carbocycles. The minimum atomic E-state index is 0.525. The molecule has 18 heavy (non-hydrogen) atoms. The Bertz CT molecular complexity index is 384. The van der Waals surface area contributed by atoms with Gasteiger partial charge in [0.1, 0.15) is 0 Å². The van der Waals surface area contributed by atoms with Gasteiger partial charge in [-0.15, -0.1) is 5.10 Å². The maximum Gasteiger partial charge on any atom is 0.209 e. The van der Waals surface area contributed by atoms with Crippen LogP contribution >= 0.6 is 11.8 Å². The van der Waals surface area contributed by atoms with Gasteiger partial charge in [0.25, 0.3) is 0 Å². The molecule has 1 aromatic rings. The van der Waals surface area contributed by atoms with E-state index in [2.05, 4.69) is 27.8 Å². The Morgan fingerprint density at radius 1 is 1.33 bits per heavy atom. The quantitative estimate of drug-likeness (QED) is 0.799. The van der Waals surface area contributed by atoms with Crippen LogP contribution in [0.25, 0.3) is 0 Å². The molecule has 0 bridgehead atoms. The van der Waals surface area contributed by atoms with E-state index < -0.39 is 0 Å². The molecule has 100 valence electrons. The average Bonchev–Trinajstić information content (AvgIpc) is 2.85. The van der Waals surface area contributed by atoms with Gasteiger partial charge in [-0.3, -0.25) is 0 Å². The van der Waals surface area contributed by atoms with Crippen LogP contribution in [0.1, 0.15) is 51.5 Å². The molecule has 2 fully saturated rings. The lowest BCUT2D eigenvalue weighted by Gasteiger charge is -2.14. The second kappa shape index (κ2) is 5.57. The molecule has 2 aliphatic rings. The van der Waals surface area contributed by atoms with Crippen molar-refractivity contribution in [1.29, 1.82) is 0 Å². The van der Waals surface area contributed by atoms with Crippen LogP contribution in [0.2, 0.25) is 0 Å². The first kappa shape index (κ1) is 12.4. The summed E-state index contributed by atoms with van der Waals surface area (Å²) >= 11 is 1.80. The van der Waals surface area contributed by atoms with Gasteiger partial charge >= 0.3 is 0 Å². The lowest BCUT2D eigenvalue weighted by molar-refractivity contribution is 0.422. The Hall–Kier alpha value is -0.620. The minimum absolute atomic E-state index is 0.525. The lowest BCUT2D eigenvalue weighted by atomic mass is 10.3. The highest BCUT2D eigenvalue weighted by Gasteiger charge is 2.24. The molecule has 1 unspecified atom stereocenters. The van der Waals surface area contributed by atoms with Gasteiger partial charge in [0, 0.05) is 17.8 Å². The predicted molar refractivity (Wildman–Crippen MR) is 71.7 cm³/mol. The zero-order valence-corrected chi connectivity index (χ0v) is 11.7. The molecule has 5 nitrogen and oxygen atoms in total. The van der Waals surface area contributed by atoms with Gasteiger partial charge in [-0.05, 0) is 36.1 Å². The van der Waals surface area contributed by atoms with E-state index in [1.165, 1.54) is 38.5 Å². The van der Waals surface area contributed by atoms with Crippen molar-refractivity contribution in [2.75, 3.05) is 6.54 Å². The van der Waals surface area contributed by atoms with Gasteiger partial charge in [0.05, 0.1) is 6.04 Å². The van der Waals surface area contributed by atoms with Crippen molar-refractivity contribution in [2.45, 2.75) is 67.9 Å². The van der Waals surface area contributed by atoms with Crippen LogP contribution in [-0.4, -0.2) is 38.0 Å². The number of hydrogen-bond donors (Lipinski definition) is 1. The maximum absolute atomic E-state index is 4.18. The van der Waals surface area contributed by atoms with Crippen LogP contribution < -0.4 is 5.32 Å². The van der Waals surface area contributed by atoms with Crippen molar-refractivity contribution in [2.24, 2.45) is 0 Å². The van der Waals surface area contributed by atoms with Crippen molar-refractivity contribution in [3.8, 4) is 0 Å². The van der Waals surface area contributed by atoms with E-state index >= 15 is 0 Å². The van der Waals surface area contributed by atoms with E-state index in [1.54, 1.807) is 11.8 Å². The standard InChI is InChI=1S/C12H21N5S/c1-9(8-13-10-6-7-10)18-12-14-15-16-17(12)11-4-2-3-5-11/h9-11,13H,2-8H2,1H3. The topological polar surface area (TPSA) is 55.6 Å². The largest absolute Gasteiger partial charge is 0.313 e. The van der Waals surface area contributed by atoms with Crippen molar-refractivity contribution < 1.29 is 0 Å². The molecule has 3 rings (SSSR count). The first-order valence-electron chi connectivity index (χ1n) is 7.01. The zero-order chi connectivity index (χ0) is 12.4. The van der Waals surface area contributed by atoms with Crippen LogP contribution in [-0.2, 0) is 0 Å². The summed E-state index contributed by atoms with van der Waals surface area (Å²) in [5.74, 6) is 0. The molecule has 0 radical (unpaired) electrons. The molecule has 1 heterocycles. The molecule has 0 spiro atoms. The average molecular weight is 267 g/mol. The molecule has 0 aliphatic heterocycles. The third-order valence-electron chi connectivity index (χ3n) is 3.71. The highest BCUT2D eigenvalue weighted by atomic mass is 32.2.